The summed E-state index contributed by atoms with van der Waals surface area (Å²) in [7, 11) is 0. The molecule has 0 saturated heterocycles. The number of rotatable bonds is 3. The highest BCUT2D eigenvalue weighted by Crippen LogP contribution is 2.40. The number of carbonyl (C=O) groups is 1. The van der Waals surface area contributed by atoms with E-state index in [1.165, 1.54) is 6.42 Å². The third-order valence-corrected chi connectivity index (χ3v) is 3.47. The standard InChI is InChI=1S/C14H26O2/c1-6-16-14(12(15)13(3,4)5)9-7-8-11(2)10-14/h11H,6-10H2,1-5H3. The molecule has 2 nitrogen and oxygen atoms in total. The van der Waals surface area contributed by atoms with Crippen molar-refractivity contribution in [3.05, 3.63) is 0 Å². The van der Waals surface area contributed by atoms with Gasteiger partial charge in [-0.2, -0.15) is 0 Å². The first kappa shape index (κ1) is 13.7. The maximum absolute atomic E-state index is 12.6. The van der Waals surface area contributed by atoms with Crippen molar-refractivity contribution in [2.75, 3.05) is 6.61 Å². The van der Waals surface area contributed by atoms with Crippen molar-refractivity contribution in [3.63, 3.8) is 0 Å². The second-order valence-electron chi connectivity index (χ2n) is 6.21. The molecule has 0 aliphatic heterocycles. The fraction of sp³-hybridized carbons (Fsp3) is 0.929. The maximum Gasteiger partial charge on any atom is 0.169 e. The van der Waals surface area contributed by atoms with E-state index in [0.29, 0.717) is 12.5 Å². The Hall–Kier alpha value is -0.370. The van der Waals surface area contributed by atoms with Gasteiger partial charge in [0, 0.05) is 12.0 Å². The molecule has 1 aliphatic carbocycles. The Morgan fingerprint density at radius 3 is 2.50 bits per heavy atom. The highest BCUT2D eigenvalue weighted by Gasteiger charge is 2.46. The van der Waals surface area contributed by atoms with E-state index in [1.54, 1.807) is 0 Å². The van der Waals surface area contributed by atoms with Gasteiger partial charge in [-0.15, -0.1) is 0 Å². The molecule has 0 amide bonds. The van der Waals surface area contributed by atoms with Gasteiger partial charge in [-0.05, 0) is 32.1 Å². The molecule has 2 heteroatoms. The van der Waals surface area contributed by atoms with Gasteiger partial charge < -0.3 is 4.74 Å². The van der Waals surface area contributed by atoms with Gasteiger partial charge in [0.1, 0.15) is 5.60 Å². The van der Waals surface area contributed by atoms with Crippen LogP contribution in [0.2, 0.25) is 0 Å². The van der Waals surface area contributed by atoms with Crippen LogP contribution in [0.15, 0.2) is 0 Å². The largest absolute Gasteiger partial charge is 0.367 e. The summed E-state index contributed by atoms with van der Waals surface area (Å²) in [5, 5.41) is 0. The predicted octanol–water partition coefficient (Wildman–Crippen LogP) is 3.59. The van der Waals surface area contributed by atoms with E-state index in [0.717, 1.165) is 19.3 Å². The van der Waals surface area contributed by atoms with Gasteiger partial charge in [0.05, 0.1) is 0 Å². The van der Waals surface area contributed by atoms with Gasteiger partial charge in [-0.1, -0.05) is 34.1 Å². The summed E-state index contributed by atoms with van der Waals surface area (Å²) in [6.07, 6.45) is 4.15. The summed E-state index contributed by atoms with van der Waals surface area (Å²) in [4.78, 5) is 12.6. The molecular formula is C14H26O2. The Kier molecular flexibility index (Phi) is 4.17. The molecule has 0 spiro atoms. The van der Waals surface area contributed by atoms with Crippen LogP contribution in [0.5, 0.6) is 0 Å². The lowest BCUT2D eigenvalue weighted by atomic mass is 9.70. The van der Waals surface area contributed by atoms with Crippen molar-refractivity contribution in [1.82, 2.24) is 0 Å². The van der Waals surface area contributed by atoms with Crippen molar-refractivity contribution in [3.8, 4) is 0 Å². The van der Waals surface area contributed by atoms with Gasteiger partial charge >= 0.3 is 0 Å². The Bertz CT molecular complexity index is 248. The van der Waals surface area contributed by atoms with Gasteiger partial charge in [-0.25, -0.2) is 0 Å². The van der Waals surface area contributed by atoms with Crippen LogP contribution in [-0.4, -0.2) is 18.0 Å². The lowest BCUT2D eigenvalue weighted by molar-refractivity contribution is -0.159. The molecule has 0 N–H and O–H groups in total. The van der Waals surface area contributed by atoms with Crippen molar-refractivity contribution in [2.45, 2.75) is 65.9 Å². The predicted molar refractivity (Wildman–Crippen MR) is 66.5 cm³/mol. The molecule has 16 heavy (non-hydrogen) atoms. The van der Waals surface area contributed by atoms with Crippen LogP contribution in [0.3, 0.4) is 0 Å². The highest BCUT2D eigenvalue weighted by molar-refractivity contribution is 5.91. The Morgan fingerprint density at radius 2 is 2.06 bits per heavy atom. The molecule has 94 valence electrons. The van der Waals surface area contributed by atoms with Crippen LogP contribution in [0.1, 0.15) is 60.3 Å². The van der Waals surface area contributed by atoms with E-state index < -0.39 is 5.60 Å². The fourth-order valence-corrected chi connectivity index (χ4v) is 2.87. The molecule has 1 rings (SSSR count). The molecule has 1 aliphatic rings. The zero-order valence-electron chi connectivity index (χ0n) is 11.4. The van der Waals surface area contributed by atoms with Crippen LogP contribution >= 0.6 is 0 Å². The minimum atomic E-state index is -0.495. The first-order valence-electron chi connectivity index (χ1n) is 6.50. The van der Waals surface area contributed by atoms with Gasteiger partial charge in [0.25, 0.3) is 0 Å². The number of carbonyl (C=O) groups excluding carboxylic acids is 1. The summed E-state index contributed by atoms with van der Waals surface area (Å²) >= 11 is 0. The average molecular weight is 226 g/mol. The molecule has 0 radical (unpaired) electrons. The van der Waals surface area contributed by atoms with Crippen LogP contribution in [-0.2, 0) is 9.53 Å². The van der Waals surface area contributed by atoms with E-state index >= 15 is 0 Å². The van der Waals surface area contributed by atoms with Crippen molar-refractivity contribution >= 4 is 5.78 Å². The quantitative estimate of drug-likeness (QED) is 0.735. The Balaban J connectivity index is 2.91. The minimum absolute atomic E-state index is 0.286. The van der Waals surface area contributed by atoms with Crippen LogP contribution in [0.4, 0.5) is 0 Å². The summed E-state index contributed by atoms with van der Waals surface area (Å²) in [6, 6.07) is 0. The monoisotopic (exact) mass is 226 g/mol. The first-order valence-corrected chi connectivity index (χ1v) is 6.50. The molecular weight excluding hydrogens is 200 g/mol. The number of hydrogen-bond acceptors (Lipinski definition) is 2. The third-order valence-electron chi connectivity index (χ3n) is 3.47. The molecule has 0 bridgehead atoms. The topological polar surface area (TPSA) is 26.3 Å². The first-order chi connectivity index (χ1) is 7.32. The fourth-order valence-electron chi connectivity index (χ4n) is 2.87. The van der Waals surface area contributed by atoms with Gasteiger partial charge in [0.2, 0.25) is 0 Å². The SMILES string of the molecule is CCOC1(C(=O)C(C)(C)C)CCCC(C)C1. The number of Topliss-reactive ketones (excluding diaryl/α,β-unsaturated/α-hetero) is 1. The van der Waals surface area contributed by atoms with Gasteiger partial charge in [0.15, 0.2) is 5.78 Å². The van der Waals surface area contributed by atoms with E-state index in [1.807, 2.05) is 27.7 Å². The molecule has 0 aromatic heterocycles. The molecule has 0 heterocycles. The normalized spacial score (nSPS) is 31.4. The highest BCUT2D eigenvalue weighted by atomic mass is 16.5. The molecule has 1 saturated carbocycles. The van der Waals surface area contributed by atoms with E-state index in [-0.39, 0.29) is 11.2 Å². The summed E-state index contributed by atoms with van der Waals surface area (Å²) in [6.45, 7) is 10.8. The summed E-state index contributed by atoms with van der Waals surface area (Å²) in [5.74, 6) is 0.889. The third kappa shape index (κ3) is 2.85. The summed E-state index contributed by atoms with van der Waals surface area (Å²) < 4.78 is 5.88. The maximum atomic E-state index is 12.6. The van der Waals surface area contributed by atoms with Crippen LogP contribution in [0, 0.1) is 11.3 Å². The molecule has 2 atom stereocenters. The second-order valence-corrected chi connectivity index (χ2v) is 6.21. The van der Waals surface area contributed by atoms with E-state index in [2.05, 4.69) is 6.92 Å². The lowest BCUT2D eigenvalue weighted by Gasteiger charge is -2.41. The lowest BCUT2D eigenvalue weighted by Crippen LogP contribution is -2.50. The van der Waals surface area contributed by atoms with Crippen molar-refractivity contribution in [2.24, 2.45) is 11.3 Å². The number of ether oxygens (including phenoxy) is 1. The number of hydrogen-bond donors (Lipinski definition) is 0. The van der Waals surface area contributed by atoms with E-state index in [9.17, 15) is 4.79 Å². The zero-order valence-corrected chi connectivity index (χ0v) is 11.4. The molecule has 0 aromatic carbocycles. The van der Waals surface area contributed by atoms with E-state index in [4.69, 9.17) is 4.74 Å². The Morgan fingerprint density at radius 1 is 1.44 bits per heavy atom. The zero-order chi connectivity index (χ0) is 12.4. The molecule has 1 fully saturated rings. The average Bonchev–Trinajstić information content (AvgIpc) is 2.15. The van der Waals surface area contributed by atoms with Gasteiger partial charge in [-0.3, -0.25) is 4.79 Å². The number of ketones is 1. The molecule has 0 aromatic rings. The Labute approximate surface area is 99.8 Å². The summed E-state index contributed by atoms with van der Waals surface area (Å²) in [5.41, 5.74) is -0.795. The minimum Gasteiger partial charge on any atom is -0.367 e. The van der Waals surface area contributed by atoms with Crippen molar-refractivity contribution < 1.29 is 9.53 Å². The second kappa shape index (κ2) is 4.87. The van der Waals surface area contributed by atoms with Crippen molar-refractivity contribution in [1.29, 1.82) is 0 Å². The molecule has 2 unspecified atom stereocenters. The van der Waals surface area contributed by atoms with Crippen LogP contribution in [0.25, 0.3) is 0 Å². The smallest absolute Gasteiger partial charge is 0.169 e. The van der Waals surface area contributed by atoms with Crippen LogP contribution < -0.4 is 0 Å².